The van der Waals surface area contributed by atoms with Crippen LogP contribution < -0.4 is 11.1 Å². The maximum atomic E-state index is 9.66. The Balaban J connectivity index is 1.86. The zero-order valence-electron chi connectivity index (χ0n) is 15.7. The van der Waals surface area contributed by atoms with E-state index in [4.69, 9.17) is 5.73 Å². The van der Waals surface area contributed by atoms with Crippen molar-refractivity contribution in [2.24, 2.45) is 0 Å². The topological polar surface area (TPSA) is 125 Å². The fourth-order valence-corrected chi connectivity index (χ4v) is 3.05. The lowest BCUT2D eigenvalue weighted by Gasteiger charge is -2.11. The molecule has 0 fully saturated rings. The van der Waals surface area contributed by atoms with Crippen molar-refractivity contribution in [2.45, 2.75) is 39.7 Å². The van der Waals surface area contributed by atoms with Gasteiger partial charge in [0, 0.05) is 24.2 Å². The molecule has 1 atom stereocenters. The Hall–Kier alpha value is -3.18. The van der Waals surface area contributed by atoms with Crippen LogP contribution in [0, 0.1) is 18.3 Å². The van der Waals surface area contributed by atoms with Crippen molar-refractivity contribution in [1.29, 1.82) is 5.26 Å². The van der Waals surface area contributed by atoms with Gasteiger partial charge < -0.3 is 16.2 Å². The molecule has 8 nitrogen and oxygen atoms in total. The monoisotopic (exact) mass is 365 g/mol. The molecule has 140 valence electrons. The second-order valence-corrected chi connectivity index (χ2v) is 6.39. The number of anilines is 2. The van der Waals surface area contributed by atoms with Crippen molar-refractivity contribution >= 4 is 17.3 Å². The molecule has 27 heavy (non-hydrogen) atoms. The molecule has 0 amide bonds. The Morgan fingerprint density at radius 1 is 1.37 bits per heavy atom. The molecule has 0 aliphatic heterocycles. The van der Waals surface area contributed by atoms with Crippen LogP contribution in [0.25, 0.3) is 5.65 Å². The summed E-state index contributed by atoms with van der Waals surface area (Å²) >= 11 is 0. The number of aryl methyl sites for hydroxylation is 2. The number of aliphatic hydroxyl groups is 1. The Morgan fingerprint density at radius 2 is 2.15 bits per heavy atom. The molecule has 3 aromatic heterocycles. The van der Waals surface area contributed by atoms with Crippen LogP contribution in [-0.2, 0) is 12.8 Å². The largest absolute Gasteiger partial charge is 0.387 e. The van der Waals surface area contributed by atoms with Gasteiger partial charge in [-0.25, -0.2) is 4.98 Å². The quantitative estimate of drug-likeness (QED) is 0.611. The molecule has 0 aliphatic rings. The average molecular weight is 365 g/mol. The molecule has 4 N–H and O–H groups in total. The van der Waals surface area contributed by atoms with Crippen LogP contribution in [0.3, 0.4) is 0 Å². The first-order valence-electron chi connectivity index (χ1n) is 8.91. The third-order valence-electron chi connectivity index (χ3n) is 4.49. The van der Waals surface area contributed by atoms with Gasteiger partial charge in [-0.05, 0) is 32.4 Å². The van der Waals surface area contributed by atoms with Crippen molar-refractivity contribution in [2.75, 3.05) is 17.6 Å². The summed E-state index contributed by atoms with van der Waals surface area (Å²) < 4.78 is 1.53. The van der Waals surface area contributed by atoms with Gasteiger partial charge in [0.25, 0.3) is 0 Å². The molecule has 3 rings (SSSR count). The molecule has 0 spiro atoms. The molecule has 3 aromatic rings. The molecule has 1 unspecified atom stereocenters. The SMILES string of the molecule is CCc1c(C)nn2c(N)c(C#N)c(NCCc3cccc(C(C)O)n3)nc12. The van der Waals surface area contributed by atoms with E-state index in [1.807, 2.05) is 26.0 Å². The first-order chi connectivity index (χ1) is 13.0. The summed E-state index contributed by atoms with van der Waals surface area (Å²) in [7, 11) is 0. The van der Waals surface area contributed by atoms with Crippen LogP contribution in [0.2, 0.25) is 0 Å². The molecular weight excluding hydrogens is 342 g/mol. The number of rotatable bonds is 6. The maximum absolute atomic E-state index is 9.66. The van der Waals surface area contributed by atoms with E-state index >= 15 is 0 Å². The predicted octanol–water partition coefficient (Wildman–Crippen LogP) is 2.16. The number of fused-ring (bicyclic) bond motifs is 1. The summed E-state index contributed by atoms with van der Waals surface area (Å²) in [4.78, 5) is 9.03. The first-order valence-corrected chi connectivity index (χ1v) is 8.91. The Kier molecular flexibility index (Phi) is 5.23. The van der Waals surface area contributed by atoms with Crippen molar-refractivity contribution in [3.8, 4) is 6.07 Å². The number of nitrogens with two attached hydrogens (primary N) is 1. The third-order valence-corrected chi connectivity index (χ3v) is 4.49. The van der Waals surface area contributed by atoms with E-state index < -0.39 is 6.10 Å². The van der Waals surface area contributed by atoms with Gasteiger partial charge in [-0.1, -0.05) is 13.0 Å². The standard InChI is InChI=1S/C19H23N7O/c1-4-14-11(2)25-26-17(21)15(10-20)18(24-19(14)26)22-9-8-13-6-5-7-16(23-13)12(3)27/h5-7,12,27H,4,8-9,21H2,1-3H3,(H,22,24). The van der Waals surface area contributed by atoms with E-state index in [1.165, 1.54) is 4.52 Å². The van der Waals surface area contributed by atoms with Crippen LogP contribution in [0.1, 0.15) is 48.2 Å². The summed E-state index contributed by atoms with van der Waals surface area (Å²) in [6.45, 7) is 6.16. The number of nitriles is 1. The van der Waals surface area contributed by atoms with Gasteiger partial charge in [-0.3, -0.25) is 4.98 Å². The highest BCUT2D eigenvalue weighted by Gasteiger charge is 2.18. The van der Waals surface area contributed by atoms with Gasteiger partial charge in [-0.2, -0.15) is 14.9 Å². The predicted molar refractivity (Wildman–Crippen MR) is 103 cm³/mol. The summed E-state index contributed by atoms with van der Waals surface area (Å²) in [5.74, 6) is 0.728. The minimum absolute atomic E-state index is 0.276. The number of hydrogen-bond donors (Lipinski definition) is 3. The number of aromatic nitrogens is 4. The number of hydrogen-bond acceptors (Lipinski definition) is 7. The van der Waals surface area contributed by atoms with Crippen molar-refractivity contribution in [3.05, 3.63) is 46.4 Å². The van der Waals surface area contributed by atoms with Crippen LogP contribution in [-0.4, -0.2) is 31.2 Å². The molecule has 8 heteroatoms. The fraction of sp³-hybridized carbons (Fsp3) is 0.368. The Morgan fingerprint density at radius 3 is 2.81 bits per heavy atom. The van der Waals surface area contributed by atoms with E-state index in [0.29, 0.717) is 30.1 Å². The van der Waals surface area contributed by atoms with E-state index in [0.717, 1.165) is 23.4 Å². The lowest BCUT2D eigenvalue weighted by Crippen LogP contribution is -2.13. The lowest BCUT2D eigenvalue weighted by atomic mass is 10.2. The summed E-state index contributed by atoms with van der Waals surface area (Å²) in [6, 6.07) is 7.68. The summed E-state index contributed by atoms with van der Waals surface area (Å²) in [5, 5.41) is 26.8. The number of nitrogen functional groups attached to an aromatic ring is 1. The number of nitrogens with zero attached hydrogens (tertiary/aromatic N) is 5. The average Bonchev–Trinajstić information content (AvgIpc) is 2.97. The zero-order valence-corrected chi connectivity index (χ0v) is 15.7. The van der Waals surface area contributed by atoms with E-state index in [9.17, 15) is 10.4 Å². The minimum atomic E-state index is -0.607. The summed E-state index contributed by atoms with van der Waals surface area (Å²) in [6.07, 6.45) is 0.796. The van der Waals surface area contributed by atoms with Gasteiger partial charge in [-0.15, -0.1) is 0 Å². The van der Waals surface area contributed by atoms with E-state index in [2.05, 4.69) is 26.5 Å². The van der Waals surface area contributed by atoms with Gasteiger partial charge in [0.05, 0.1) is 17.5 Å². The first kappa shape index (κ1) is 18.6. The van der Waals surface area contributed by atoms with Crippen LogP contribution in [0.15, 0.2) is 18.2 Å². The Bertz CT molecular complexity index is 1020. The molecular formula is C19H23N7O. The lowest BCUT2D eigenvalue weighted by molar-refractivity contribution is 0.194. The van der Waals surface area contributed by atoms with Crippen molar-refractivity contribution in [1.82, 2.24) is 19.6 Å². The van der Waals surface area contributed by atoms with E-state index in [-0.39, 0.29) is 11.4 Å². The van der Waals surface area contributed by atoms with Gasteiger partial charge in [0.1, 0.15) is 23.3 Å². The highest BCUT2D eigenvalue weighted by atomic mass is 16.3. The van der Waals surface area contributed by atoms with E-state index in [1.54, 1.807) is 13.0 Å². The van der Waals surface area contributed by atoms with Gasteiger partial charge in [0.15, 0.2) is 5.65 Å². The second kappa shape index (κ2) is 7.60. The number of aliphatic hydroxyl groups excluding tert-OH is 1. The fourth-order valence-electron chi connectivity index (χ4n) is 3.05. The number of pyridine rings is 1. The third kappa shape index (κ3) is 3.55. The number of nitrogens with one attached hydrogen (secondary N) is 1. The van der Waals surface area contributed by atoms with Gasteiger partial charge >= 0.3 is 0 Å². The van der Waals surface area contributed by atoms with Crippen LogP contribution in [0.5, 0.6) is 0 Å². The second-order valence-electron chi connectivity index (χ2n) is 6.39. The van der Waals surface area contributed by atoms with Crippen LogP contribution >= 0.6 is 0 Å². The van der Waals surface area contributed by atoms with Crippen molar-refractivity contribution in [3.63, 3.8) is 0 Å². The maximum Gasteiger partial charge on any atom is 0.163 e. The van der Waals surface area contributed by atoms with Crippen molar-refractivity contribution < 1.29 is 5.11 Å². The normalized spacial score (nSPS) is 12.1. The Labute approximate surface area is 157 Å². The molecule has 0 saturated heterocycles. The summed E-state index contributed by atoms with van der Waals surface area (Å²) in [5.41, 5.74) is 10.5. The smallest absolute Gasteiger partial charge is 0.163 e. The molecule has 0 radical (unpaired) electrons. The molecule has 0 bridgehead atoms. The van der Waals surface area contributed by atoms with Crippen LogP contribution in [0.4, 0.5) is 11.6 Å². The van der Waals surface area contributed by atoms with Gasteiger partial charge in [0.2, 0.25) is 0 Å². The molecule has 0 aliphatic carbocycles. The molecule has 3 heterocycles. The molecule has 0 aromatic carbocycles. The zero-order chi connectivity index (χ0) is 19.6. The molecule has 0 saturated carbocycles. The highest BCUT2D eigenvalue weighted by molar-refractivity contribution is 5.69. The highest BCUT2D eigenvalue weighted by Crippen LogP contribution is 2.24. The minimum Gasteiger partial charge on any atom is -0.387 e.